The van der Waals surface area contributed by atoms with Crippen molar-refractivity contribution < 1.29 is 9.59 Å². The van der Waals surface area contributed by atoms with Gasteiger partial charge in [-0.05, 0) is 62.3 Å². The quantitative estimate of drug-likeness (QED) is 0.868. The Kier molecular flexibility index (Phi) is 3.92. The molecule has 1 aromatic heterocycles. The van der Waals surface area contributed by atoms with Crippen molar-refractivity contribution in [1.29, 1.82) is 0 Å². The summed E-state index contributed by atoms with van der Waals surface area (Å²) in [5.74, 6) is 1.38. The molecule has 4 nitrogen and oxygen atoms in total. The molecule has 124 valence electrons. The molecule has 4 rings (SSSR count). The van der Waals surface area contributed by atoms with E-state index in [9.17, 15) is 9.59 Å². The van der Waals surface area contributed by atoms with Crippen molar-refractivity contribution in [2.45, 2.75) is 51.9 Å². The van der Waals surface area contributed by atoms with Crippen molar-refractivity contribution >= 4 is 28.2 Å². The van der Waals surface area contributed by atoms with Gasteiger partial charge in [0.25, 0.3) is 5.91 Å². The molecule has 3 aliphatic carbocycles. The van der Waals surface area contributed by atoms with Gasteiger partial charge in [-0.3, -0.25) is 9.59 Å². The lowest BCUT2D eigenvalue weighted by Gasteiger charge is -2.13. The Morgan fingerprint density at radius 1 is 1.22 bits per heavy atom. The fourth-order valence-corrected chi connectivity index (χ4v) is 4.72. The van der Waals surface area contributed by atoms with Crippen molar-refractivity contribution in [1.82, 2.24) is 5.32 Å². The van der Waals surface area contributed by atoms with Crippen LogP contribution < -0.4 is 10.6 Å². The molecule has 2 amide bonds. The lowest BCUT2D eigenvalue weighted by atomic mass is 9.95. The summed E-state index contributed by atoms with van der Waals surface area (Å²) in [7, 11) is 0. The highest BCUT2D eigenvalue weighted by molar-refractivity contribution is 7.17. The molecule has 23 heavy (non-hydrogen) atoms. The fraction of sp³-hybridized carbons (Fsp3) is 0.667. The standard InChI is InChI=1S/C18H24N2O2S/c1-10-8-13(10)16(21)20-18-15(17(22)19-9-11-6-7-11)12-4-2-3-5-14(12)23-18/h10-11,13H,2-9H2,1H3,(H,19,22)(H,20,21). The van der Waals surface area contributed by atoms with E-state index in [1.807, 2.05) is 0 Å². The van der Waals surface area contributed by atoms with Gasteiger partial charge in [0.2, 0.25) is 5.91 Å². The highest BCUT2D eigenvalue weighted by Gasteiger charge is 2.40. The summed E-state index contributed by atoms with van der Waals surface area (Å²) in [6.07, 6.45) is 7.76. The molecule has 2 saturated carbocycles. The number of thiophene rings is 1. The molecule has 2 fully saturated rings. The predicted molar refractivity (Wildman–Crippen MR) is 91.9 cm³/mol. The van der Waals surface area contributed by atoms with E-state index in [0.29, 0.717) is 11.8 Å². The minimum atomic E-state index is 0.00967. The average Bonchev–Trinajstić information content (AvgIpc) is 3.44. The third-order valence-electron chi connectivity index (χ3n) is 5.33. The molecule has 1 aromatic rings. The van der Waals surface area contributed by atoms with Gasteiger partial charge < -0.3 is 10.6 Å². The molecule has 2 N–H and O–H groups in total. The summed E-state index contributed by atoms with van der Waals surface area (Å²) >= 11 is 1.62. The first-order chi connectivity index (χ1) is 11.1. The third kappa shape index (κ3) is 3.16. The third-order valence-corrected chi connectivity index (χ3v) is 6.54. The monoisotopic (exact) mass is 332 g/mol. The zero-order valence-electron chi connectivity index (χ0n) is 13.6. The molecule has 0 aliphatic heterocycles. The molecule has 2 unspecified atom stereocenters. The van der Waals surface area contributed by atoms with Crippen LogP contribution in [0.25, 0.3) is 0 Å². The van der Waals surface area contributed by atoms with Gasteiger partial charge in [0, 0.05) is 17.3 Å². The van der Waals surface area contributed by atoms with Crippen molar-refractivity contribution in [3.05, 3.63) is 16.0 Å². The number of carbonyl (C=O) groups is 2. The molecule has 2 atom stereocenters. The van der Waals surface area contributed by atoms with Gasteiger partial charge >= 0.3 is 0 Å². The van der Waals surface area contributed by atoms with Crippen LogP contribution in [0.15, 0.2) is 0 Å². The minimum Gasteiger partial charge on any atom is -0.352 e. The smallest absolute Gasteiger partial charge is 0.254 e. The van der Waals surface area contributed by atoms with Crippen LogP contribution in [-0.2, 0) is 17.6 Å². The maximum atomic E-state index is 12.7. The number of carbonyl (C=O) groups excluding carboxylic acids is 2. The molecule has 5 heteroatoms. The van der Waals surface area contributed by atoms with E-state index in [0.717, 1.165) is 42.8 Å². The molecular weight excluding hydrogens is 308 g/mol. The lowest BCUT2D eigenvalue weighted by molar-refractivity contribution is -0.117. The van der Waals surface area contributed by atoms with E-state index in [-0.39, 0.29) is 17.7 Å². The maximum absolute atomic E-state index is 12.7. The number of fused-ring (bicyclic) bond motifs is 1. The van der Waals surface area contributed by atoms with E-state index >= 15 is 0 Å². The first-order valence-corrected chi connectivity index (χ1v) is 9.68. The number of hydrogen-bond donors (Lipinski definition) is 2. The average molecular weight is 332 g/mol. The van der Waals surface area contributed by atoms with Gasteiger partial charge in [0.15, 0.2) is 0 Å². The molecule has 0 saturated heterocycles. The topological polar surface area (TPSA) is 58.2 Å². The zero-order chi connectivity index (χ0) is 16.0. The first-order valence-electron chi connectivity index (χ1n) is 8.87. The molecule has 0 aromatic carbocycles. The van der Waals surface area contributed by atoms with Gasteiger partial charge in [0.05, 0.1) is 5.56 Å². The molecule has 1 heterocycles. The first kappa shape index (κ1) is 15.2. The van der Waals surface area contributed by atoms with Crippen LogP contribution in [0.4, 0.5) is 5.00 Å². The van der Waals surface area contributed by atoms with E-state index < -0.39 is 0 Å². The Hall–Kier alpha value is -1.36. The number of hydrogen-bond acceptors (Lipinski definition) is 3. The Labute approximate surface area is 141 Å². The van der Waals surface area contributed by atoms with Gasteiger partial charge in [-0.25, -0.2) is 0 Å². The molecule has 3 aliphatic rings. The summed E-state index contributed by atoms with van der Waals surface area (Å²) in [4.78, 5) is 26.3. The number of amides is 2. The van der Waals surface area contributed by atoms with Crippen molar-refractivity contribution in [2.75, 3.05) is 11.9 Å². The highest BCUT2D eigenvalue weighted by atomic mass is 32.1. The van der Waals surface area contributed by atoms with E-state index in [1.165, 1.54) is 29.7 Å². The van der Waals surface area contributed by atoms with E-state index in [1.54, 1.807) is 11.3 Å². The highest BCUT2D eigenvalue weighted by Crippen LogP contribution is 2.42. The molecular formula is C18H24N2O2S. The summed E-state index contributed by atoms with van der Waals surface area (Å²) < 4.78 is 0. The number of rotatable bonds is 5. The van der Waals surface area contributed by atoms with Crippen molar-refractivity contribution in [2.24, 2.45) is 17.8 Å². The fourth-order valence-electron chi connectivity index (χ4n) is 3.43. The van der Waals surface area contributed by atoms with Gasteiger partial charge in [0.1, 0.15) is 5.00 Å². The molecule has 0 radical (unpaired) electrons. The second kappa shape index (κ2) is 5.93. The number of nitrogens with one attached hydrogen (secondary N) is 2. The summed E-state index contributed by atoms with van der Waals surface area (Å²) in [6, 6.07) is 0. The maximum Gasteiger partial charge on any atom is 0.254 e. The van der Waals surface area contributed by atoms with Crippen LogP contribution >= 0.6 is 11.3 Å². The SMILES string of the molecule is CC1CC1C(=O)Nc1sc2c(c1C(=O)NCC1CC1)CCCC2. The Morgan fingerprint density at radius 2 is 1.96 bits per heavy atom. The van der Waals surface area contributed by atoms with Crippen molar-refractivity contribution in [3.8, 4) is 0 Å². The van der Waals surface area contributed by atoms with Gasteiger partial charge in [-0.1, -0.05) is 6.92 Å². The van der Waals surface area contributed by atoms with Crippen LogP contribution in [0.5, 0.6) is 0 Å². The Balaban J connectivity index is 1.56. The summed E-state index contributed by atoms with van der Waals surface area (Å²) in [6.45, 7) is 2.88. The van der Waals surface area contributed by atoms with Crippen LogP contribution in [0, 0.1) is 17.8 Å². The Morgan fingerprint density at radius 3 is 2.65 bits per heavy atom. The van der Waals surface area contributed by atoms with Crippen LogP contribution in [0.1, 0.15) is 59.8 Å². The molecule has 0 spiro atoms. The second-order valence-corrected chi connectivity index (χ2v) is 8.48. The van der Waals surface area contributed by atoms with Crippen LogP contribution in [0.2, 0.25) is 0 Å². The van der Waals surface area contributed by atoms with Crippen molar-refractivity contribution in [3.63, 3.8) is 0 Å². The summed E-state index contributed by atoms with van der Waals surface area (Å²) in [5.41, 5.74) is 1.95. The van der Waals surface area contributed by atoms with Gasteiger partial charge in [-0.15, -0.1) is 11.3 Å². The largest absolute Gasteiger partial charge is 0.352 e. The Bertz CT molecular complexity index is 648. The summed E-state index contributed by atoms with van der Waals surface area (Å²) in [5, 5.41) is 6.93. The predicted octanol–water partition coefficient (Wildman–Crippen LogP) is 3.36. The lowest BCUT2D eigenvalue weighted by Crippen LogP contribution is -2.27. The number of anilines is 1. The molecule has 0 bridgehead atoms. The minimum absolute atomic E-state index is 0.00967. The zero-order valence-corrected chi connectivity index (χ0v) is 14.4. The van der Waals surface area contributed by atoms with Crippen LogP contribution in [-0.4, -0.2) is 18.4 Å². The number of aryl methyl sites for hydroxylation is 1. The second-order valence-electron chi connectivity index (χ2n) is 7.38. The van der Waals surface area contributed by atoms with Gasteiger partial charge in [-0.2, -0.15) is 0 Å². The van der Waals surface area contributed by atoms with E-state index in [2.05, 4.69) is 17.6 Å². The van der Waals surface area contributed by atoms with E-state index in [4.69, 9.17) is 0 Å². The normalized spacial score (nSPS) is 25.6. The van der Waals surface area contributed by atoms with Crippen LogP contribution in [0.3, 0.4) is 0 Å².